The number of nitrogens with zero attached hydrogens (tertiary/aromatic N) is 2. The third kappa shape index (κ3) is 5.78. The van der Waals surface area contributed by atoms with Gasteiger partial charge in [-0.1, -0.05) is 18.1 Å². The van der Waals surface area contributed by atoms with Gasteiger partial charge in [0.25, 0.3) is 11.8 Å². The van der Waals surface area contributed by atoms with Gasteiger partial charge in [0.1, 0.15) is 28.7 Å². The van der Waals surface area contributed by atoms with Crippen molar-refractivity contribution in [1.82, 2.24) is 20.8 Å². The van der Waals surface area contributed by atoms with E-state index >= 15 is 0 Å². The minimum atomic E-state index is -0.935. The third-order valence-electron chi connectivity index (χ3n) is 6.91. The fourth-order valence-corrected chi connectivity index (χ4v) is 4.74. The number of hydrogen-bond donors (Lipinski definition) is 2. The molecule has 43 heavy (non-hydrogen) atoms. The number of carbonyl (C=O) groups is 2. The monoisotopic (exact) mass is 586 g/mol. The van der Waals surface area contributed by atoms with Crippen molar-refractivity contribution in [3.63, 3.8) is 0 Å². The van der Waals surface area contributed by atoms with Gasteiger partial charge in [-0.2, -0.15) is 4.98 Å². The average Bonchev–Trinajstić information content (AvgIpc) is 3.68. The maximum absolute atomic E-state index is 13.7. The first kappa shape index (κ1) is 29.3. The van der Waals surface area contributed by atoms with Gasteiger partial charge in [0.15, 0.2) is 5.82 Å². The lowest BCUT2D eigenvalue weighted by Crippen LogP contribution is -2.42. The molecule has 0 radical (unpaired) electrons. The number of aromatic nitrogens is 2. The smallest absolute Gasteiger partial charge is 0.255 e. The van der Waals surface area contributed by atoms with E-state index in [9.17, 15) is 14.0 Å². The van der Waals surface area contributed by atoms with E-state index in [1.165, 1.54) is 32.7 Å². The summed E-state index contributed by atoms with van der Waals surface area (Å²) < 4.78 is 36.4. The summed E-state index contributed by atoms with van der Waals surface area (Å²) >= 11 is 0. The van der Waals surface area contributed by atoms with Crippen LogP contribution in [-0.2, 0) is 5.54 Å². The van der Waals surface area contributed by atoms with E-state index in [1.54, 1.807) is 56.3 Å². The lowest BCUT2D eigenvalue weighted by atomic mass is 9.97. The molecule has 2 amide bonds. The zero-order valence-corrected chi connectivity index (χ0v) is 24.4. The number of ether oxygens (including phenoxy) is 2. The summed E-state index contributed by atoms with van der Waals surface area (Å²) in [5.41, 5.74) is 1.86. The van der Waals surface area contributed by atoms with E-state index in [0.29, 0.717) is 62.9 Å². The molecule has 2 aromatic heterocycles. The highest BCUT2D eigenvalue weighted by molar-refractivity contribution is 6.12. The molecule has 2 heterocycles. The fourth-order valence-electron chi connectivity index (χ4n) is 4.74. The molecule has 0 aliphatic carbocycles. The normalized spacial score (nSPS) is 11.4. The van der Waals surface area contributed by atoms with E-state index in [-0.39, 0.29) is 11.5 Å². The second-order valence-electron chi connectivity index (χ2n) is 10.3. The van der Waals surface area contributed by atoms with Gasteiger partial charge in [0.05, 0.1) is 30.4 Å². The molecule has 10 nitrogen and oxygen atoms in total. The highest BCUT2D eigenvalue weighted by Gasteiger charge is 2.30. The van der Waals surface area contributed by atoms with Gasteiger partial charge in [0.2, 0.25) is 6.39 Å². The number of nitrogens with one attached hydrogen (secondary N) is 2. The van der Waals surface area contributed by atoms with Gasteiger partial charge < -0.3 is 29.0 Å². The summed E-state index contributed by atoms with van der Waals surface area (Å²) in [6.45, 7) is 5.93. The molecule has 0 unspecified atom stereocenters. The Balaban J connectivity index is 1.66. The average molecular weight is 587 g/mol. The quantitative estimate of drug-likeness (QED) is 0.201. The summed E-state index contributed by atoms with van der Waals surface area (Å²) in [5.74, 6) is 0.278. The second kappa shape index (κ2) is 12.0. The van der Waals surface area contributed by atoms with Crippen molar-refractivity contribution in [2.75, 3.05) is 20.8 Å². The van der Waals surface area contributed by atoms with Crippen LogP contribution in [0.5, 0.6) is 11.5 Å². The molecule has 0 fully saturated rings. The highest BCUT2D eigenvalue weighted by atomic mass is 19.1. The van der Waals surface area contributed by atoms with E-state index in [1.807, 2.05) is 6.92 Å². The van der Waals surface area contributed by atoms with Gasteiger partial charge in [-0.25, -0.2) is 4.39 Å². The Labute approximate surface area is 247 Å². The molecular weight excluding hydrogens is 555 g/mol. The Morgan fingerprint density at radius 3 is 2.40 bits per heavy atom. The van der Waals surface area contributed by atoms with Crippen LogP contribution in [0.25, 0.3) is 33.4 Å². The summed E-state index contributed by atoms with van der Waals surface area (Å²) in [6, 6.07) is 14.4. The molecule has 5 rings (SSSR count). The van der Waals surface area contributed by atoms with Gasteiger partial charge >= 0.3 is 0 Å². The van der Waals surface area contributed by atoms with E-state index in [2.05, 4.69) is 20.8 Å². The number of carbonyl (C=O) groups excluding carboxylic acids is 2. The topological polar surface area (TPSA) is 129 Å². The molecule has 0 atom stereocenters. The van der Waals surface area contributed by atoms with Gasteiger partial charge in [-0.3, -0.25) is 9.59 Å². The molecule has 11 heteroatoms. The molecule has 0 aliphatic heterocycles. The predicted octanol–water partition coefficient (Wildman–Crippen LogP) is 6.11. The number of hydrogen-bond acceptors (Lipinski definition) is 8. The molecule has 3 aromatic carbocycles. The minimum absolute atomic E-state index is 0.267. The molecule has 0 saturated heterocycles. The summed E-state index contributed by atoms with van der Waals surface area (Å²) in [6.07, 6.45) is 1.95. The molecule has 222 valence electrons. The van der Waals surface area contributed by atoms with Crippen LogP contribution in [-0.4, -0.2) is 42.7 Å². The Bertz CT molecular complexity index is 1780. The first-order valence-electron chi connectivity index (χ1n) is 13.7. The second-order valence-corrected chi connectivity index (χ2v) is 10.3. The zero-order valence-electron chi connectivity index (χ0n) is 24.4. The van der Waals surface area contributed by atoms with E-state index in [4.69, 9.17) is 18.4 Å². The van der Waals surface area contributed by atoms with E-state index < -0.39 is 17.3 Å². The Morgan fingerprint density at radius 2 is 1.74 bits per heavy atom. The van der Waals surface area contributed by atoms with Gasteiger partial charge in [0, 0.05) is 29.6 Å². The minimum Gasteiger partial charge on any atom is -0.496 e. The van der Waals surface area contributed by atoms with Crippen LogP contribution in [0.3, 0.4) is 0 Å². The van der Waals surface area contributed by atoms with Crippen molar-refractivity contribution in [2.45, 2.75) is 32.7 Å². The van der Waals surface area contributed by atoms with Crippen LogP contribution in [0.2, 0.25) is 0 Å². The van der Waals surface area contributed by atoms with Crippen molar-refractivity contribution < 1.29 is 32.4 Å². The molecule has 0 spiro atoms. The van der Waals surface area contributed by atoms with Crippen LogP contribution in [0, 0.1) is 5.82 Å². The Hall–Kier alpha value is -5.19. The van der Waals surface area contributed by atoms with Crippen LogP contribution >= 0.6 is 0 Å². The lowest BCUT2D eigenvalue weighted by Gasteiger charge is -2.23. The lowest BCUT2D eigenvalue weighted by molar-refractivity contribution is 0.0903. The molecule has 0 saturated carbocycles. The largest absolute Gasteiger partial charge is 0.496 e. The standard InChI is InChI=1S/C32H31FN4O6/c1-6-13-41-25-16-26-22(27(30(39)34-4)28(43-26)18-7-10-20(33)11-8-18)15-21(25)19-9-12-24(40-5)23(14-19)29(38)36-32(2,3)31-35-17-42-37-31/h7-12,14-17H,6,13H2,1-5H3,(H,34,39)(H,36,38). The number of amides is 2. The van der Waals surface area contributed by atoms with Gasteiger partial charge in [-0.05, 0) is 68.3 Å². The Morgan fingerprint density at radius 1 is 1.00 bits per heavy atom. The predicted molar refractivity (Wildman–Crippen MR) is 158 cm³/mol. The molecule has 0 bridgehead atoms. The van der Waals surface area contributed by atoms with Crippen LogP contribution in [0.4, 0.5) is 4.39 Å². The van der Waals surface area contributed by atoms with Crippen LogP contribution < -0.4 is 20.1 Å². The molecule has 5 aromatic rings. The highest BCUT2D eigenvalue weighted by Crippen LogP contribution is 2.41. The van der Waals surface area contributed by atoms with Crippen molar-refractivity contribution in [2.24, 2.45) is 0 Å². The molecule has 2 N–H and O–H groups in total. The zero-order chi connectivity index (χ0) is 30.7. The van der Waals surface area contributed by atoms with Crippen molar-refractivity contribution in [3.05, 3.63) is 83.8 Å². The number of benzene rings is 3. The van der Waals surface area contributed by atoms with Crippen LogP contribution in [0.15, 0.2) is 69.9 Å². The van der Waals surface area contributed by atoms with Gasteiger partial charge in [-0.15, -0.1) is 0 Å². The fraction of sp³-hybridized carbons (Fsp3) is 0.250. The number of fused-ring (bicyclic) bond motifs is 1. The van der Waals surface area contributed by atoms with Crippen molar-refractivity contribution in [1.29, 1.82) is 0 Å². The molecular formula is C32H31FN4O6. The number of furan rings is 1. The number of methoxy groups -OCH3 is 1. The first-order chi connectivity index (χ1) is 20.7. The summed E-state index contributed by atoms with van der Waals surface area (Å²) in [4.78, 5) is 30.8. The van der Waals surface area contributed by atoms with Crippen molar-refractivity contribution in [3.8, 4) is 33.9 Å². The maximum Gasteiger partial charge on any atom is 0.255 e. The summed E-state index contributed by atoms with van der Waals surface area (Å²) in [5, 5.41) is 9.99. The first-order valence-corrected chi connectivity index (χ1v) is 13.7. The molecule has 0 aliphatic rings. The Kier molecular flexibility index (Phi) is 8.16. The van der Waals surface area contributed by atoms with E-state index in [0.717, 1.165) is 6.42 Å². The van der Waals surface area contributed by atoms with Crippen LogP contribution in [0.1, 0.15) is 53.7 Å². The SMILES string of the molecule is CCCOc1cc2oc(-c3ccc(F)cc3)c(C(=O)NC)c2cc1-c1ccc(OC)c(C(=O)NC(C)(C)c2ncon2)c1. The summed E-state index contributed by atoms with van der Waals surface area (Å²) in [7, 11) is 3.01. The van der Waals surface area contributed by atoms with Crippen molar-refractivity contribution >= 4 is 22.8 Å². The number of halogens is 1. The number of rotatable bonds is 10. The third-order valence-corrected chi connectivity index (χ3v) is 6.91. The maximum atomic E-state index is 13.7.